The Morgan fingerprint density at radius 3 is 2.70 bits per heavy atom. The molecule has 0 unspecified atom stereocenters. The van der Waals surface area contributed by atoms with E-state index in [-0.39, 0.29) is 6.10 Å². The van der Waals surface area contributed by atoms with Gasteiger partial charge in [-0.3, -0.25) is 0 Å². The van der Waals surface area contributed by atoms with Crippen molar-refractivity contribution in [2.24, 2.45) is 5.73 Å². The van der Waals surface area contributed by atoms with E-state index in [0.717, 1.165) is 44.2 Å². The van der Waals surface area contributed by atoms with Crippen LogP contribution in [0.4, 0.5) is 0 Å². The summed E-state index contributed by atoms with van der Waals surface area (Å²) in [4.78, 5) is 4.62. The molecule has 1 saturated carbocycles. The highest BCUT2D eigenvalue weighted by atomic mass is 16.5. The molecule has 0 amide bonds. The topological polar surface area (TPSA) is 71.9 Å². The number of hydrogen-bond acceptors (Lipinski definition) is 4. The number of ether oxygens (including phenoxy) is 1. The summed E-state index contributed by atoms with van der Waals surface area (Å²) in [6, 6.07) is 4.52. The number of nitrogens with two attached hydrogens (primary N) is 1. The Morgan fingerprint density at radius 1 is 1.20 bits per heavy atom. The number of rotatable bonds is 2. The maximum atomic E-state index is 9.30. The average molecular weight is 271 g/mol. The number of aromatic nitrogens is 1. The molecule has 4 heteroatoms. The Morgan fingerprint density at radius 2 is 1.95 bits per heavy atom. The van der Waals surface area contributed by atoms with E-state index in [1.165, 1.54) is 18.4 Å². The first-order valence-electron chi connectivity index (χ1n) is 7.61. The lowest BCUT2D eigenvalue weighted by atomic mass is 9.93. The van der Waals surface area contributed by atoms with Crippen LogP contribution in [0.15, 0.2) is 6.07 Å². The SMILES string of the molecule is N#Cc1cc2c(nc1OC1CCC(N)CC1)CCCC2. The normalized spacial score (nSPS) is 25.6. The molecule has 1 fully saturated rings. The molecule has 0 aromatic carbocycles. The highest BCUT2D eigenvalue weighted by Crippen LogP contribution is 2.28. The molecule has 0 spiro atoms. The molecular formula is C16H21N3O. The lowest BCUT2D eigenvalue weighted by molar-refractivity contribution is 0.140. The zero-order chi connectivity index (χ0) is 13.9. The molecule has 0 bridgehead atoms. The quantitative estimate of drug-likeness (QED) is 0.897. The van der Waals surface area contributed by atoms with Gasteiger partial charge in [-0.25, -0.2) is 4.98 Å². The average Bonchev–Trinajstić information content (AvgIpc) is 2.49. The minimum Gasteiger partial charge on any atom is -0.473 e. The zero-order valence-electron chi connectivity index (χ0n) is 11.8. The van der Waals surface area contributed by atoms with Crippen LogP contribution < -0.4 is 10.5 Å². The predicted molar refractivity (Wildman–Crippen MR) is 76.5 cm³/mol. The monoisotopic (exact) mass is 271 g/mol. The van der Waals surface area contributed by atoms with Crippen LogP contribution in [0, 0.1) is 11.3 Å². The van der Waals surface area contributed by atoms with Gasteiger partial charge in [0.25, 0.3) is 0 Å². The largest absolute Gasteiger partial charge is 0.473 e. The Labute approximate surface area is 119 Å². The van der Waals surface area contributed by atoms with Crippen molar-refractivity contribution in [1.29, 1.82) is 5.26 Å². The van der Waals surface area contributed by atoms with Gasteiger partial charge in [-0.15, -0.1) is 0 Å². The van der Waals surface area contributed by atoms with E-state index in [9.17, 15) is 5.26 Å². The molecule has 2 aliphatic carbocycles. The first-order valence-corrected chi connectivity index (χ1v) is 7.61. The second kappa shape index (κ2) is 5.80. The highest BCUT2D eigenvalue weighted by Gasteiger charge is 2.23. The third kappa shape index (κ3) is 2.78. The van der Waals surface area contributed by atoms with Crippen molar-refractivity contribution < 1.29 is 4.74 Å². The van der Waals surface area contributed by atoms with Gasteiger partial charge in [-0.2, -0.15) is 5.26 Å². The molecule has 1 heterocycles. The standard InChI is InChI=1S/C16H21N3O/c17-10-12-9-11-3-1-2-4-15(11)19-16(12)20-14-7-5-13(18)6-8-14/h9,13-14H,1-8,18H2. The number of hydrogen-bond donors (Lipinski definition) is 1. The minimum atomic E-state index is 0.163. The van der Waals surface area contributed by atoms with Gasteiger partial charge in [0.2, 0.25) is 5.88 Å². The second-order valence-electron chi connectivity index (χ2n) is 5.92. The van der Waals surface area contributed by atoms with Crippen molar-refractivity contribution in [3.63, 3.8) is 0 Å². The van der Waals surface area contributed by atoms with Crippen molar-refractivity contribution in [2.45, 2.75) is 63.5 Å². The maximum Gasteiger partial charge on any atom is 0.232 e. The van der Waals surface area contributed by atoms with Gasteiger partial charge in [0.05, 0.1) is 0 Å². The lowest BCUT2D eigenvalue weighted by Gasteiger charge is -2.27. The molecular weight excluding hydrogens is 250 g/mol. The van der Waals surface area contributed by atoms with Crippen LogP contribution in [0.3, 0.4) is 0 Å². The van der Waals surface area contributed by atoms with Gasteiger partial charge in [-0.05, 0) is 63.0 Å². The molecule has 1 aromatic heterocycles. The molecule has 2 N–H and O–H groups in total. The van der Waals surface area contributed by atoms with Crippen LogP contribution in [0.2, 0.25) is 0 Å². The number of fused-ring (bicyclic) bond motifs is 1. The van der Waals surface area contributed by atoms with Gasteiger partial charge < -0.3 is 10.5 Å². The lowest BCUT2D eigenvalue weighted by Crippen LogP contribution is -2.32. The number of nitriles is 1. The van der Waals surface area contributed by atoms with Crippen LogP contribution in [-0.2, 0) is 12.8 Å². The second-order valence-corrected chi connectivity index (χ2v) is 5.92. The van der Waals surface area contributed by atoms with Gasteiger partial charge in [0.1, 0.15) is 17.7 Å². The Bertz CT molecular complexity index is 527. The van der Waals surface area contributed by atoms with E-state index in [2.05, 4.69) is 11.1 Å². The summed E-state index contributed by atoms with van der Waals surface area (Å²) in [5.41, 5.74) is 8.85. The molecule has 3 rings (SSSR count). The molecule has 1 aromatic rings. The van der Waals surface area contributed by atoms with Crippen LogP contribution in [0.1, 0.15) is 55.3 Å². The third-order valence-electron chi connectivity index (χ3n) is 4.38. The van der Waals surface area contributed by atoms with Gasteiger partial charge in [0, 0.05) is 11.7 Å². The fraction of sp³-hybridized carbons (Fsp3) is 0.625. The van der Waals surface area contributed by atoms with Crippen LogP contribution in [0.5, 0.6) is 5.88 Å². The van der Waals surface area contributed by atoms with E-state index >= 15 is 0 Å². The van der Waals surface area contributed by atoms with Gasteiger partial charge in [-0.1, -0.05) is 0 Å². The molecule has 0 saturated heterocycles. The molecule has 0 aliphatic heterocycles. The van der Waals surface area contributed by atoms with E-state index < -0.39 is 0 Å². The summed E-state index contributed by atoms with van der Waals surface area (Å²) in [7, 11) is 0. The summed E-state index contributed by atoms with van der Waals surface area (Å²) in [5, 5.41) is 9.30. The highest BCUT2D eigenvalue weighted by molar-refractivity contribution is 5.43. The molecule has 20 heavy (non-hydrogen) atoms. The fourth-order valence-corrected chi connectivity index (χ4v) is 3.15. The molecule has 0 radical (unpaired) electrons. The van der Waals surface area contributed by atoms with E-state index in [1.807, 2.05) is 6.07 Å². The van der Waals surface area contributed by atoms with E-state index in [4.69, 9.17) is 10.5 Å². The summed E-state index contributed by atoms with van der Waals surface area (Å²) >= 11 is 0. The van der Waals surface area contributed by atoms with Gasteiger partial charge in [0.15, 0.2) is 0 Å². The molecule has 4 nitrogen and oxygen atoms in total. The number of nitrogens with zero attached hydrogens (tertiary/aromatic N) is 2. The van der Waals surface area contributed by atoms with Crippen molar-refractivity contribution in [3.8, 4) is 11.9 Å². The number of pyridine rings is 1. The first-order chi connectivity index (χ1) is 9.76. The Kier molecular flexibility index (Phi) is 3.88. The van der Waals surface area contributed by atoms with Crippen LogP contribution in [0.25, 0.3) is 0 Å². The third-order valence-corrected chi connectivity index (χ3v) is 4.38. The first kappa shape index (κ1) is 13.4. The van der Waals surface area contributed by atoms with Gasteiger partial charge >= 0.3 is 0 Å². The Hall–Kier alpha value is -1.60. The van der Waals surface area contributed by atoms with E-state index in [1.54, 1.807) is 0 Å². The maximum absolute atomic E-state index is 9.30. The van der Waals surface area contributed by atoms with Crippen LogP contribution in [-0.4, -0.2) is 17.1 Å². The van der Waals surface area contributed by atoms with E-state index in [0.29, 0.717) is 17.5 Å². The zero-order valence-corrected chi connectivity index (χ0v) is 11.8. The van der Waals surface area contributed by atoms with Crippen molar-refractivity contribution >= 4 is 0 Å². The smallest absolute Gasteiger partial charge is 0.232 e. The Balaban J connectivity index is 1.80. The van der Waals surface area contributed by atoms with Crippen molar-refractivity contribution in [2.75, 3.05) is 0 Å². The summed E-state index contributed by atoms with van der Waals surface area (Å²) in [6.45, 7) is 0. The summed E-state index contributed by atoms with van der Waals surface area (Å²) in [5.74, 6) is 0.536. The molecule has 106 valence electrons. The molecule has 0 atom stereocenters. The number of aryl methyl sites for hydroxylation is 2. The van der Waals surface area contributed by atoms with Crippen molar-refractivity contribution in [1.82, 2.24) is 4.98 Å². The summed E-state index contributed by atoms with van der Waals surface area (Å²) < 4.78 is 6.00. The fourth-order valence-electron chi connectivity index (χ4n) is 3.15. The minimum absolute atomic E-state index is 0.163. The summed E-state index contributed by atoms with van der Waals surface area (Å²) in [6.07, 6.45) is 8.51. The predicted octanol–water partition coefficient (Wildman–Crippen LogP) is 2.48. The van der Waals surface area contributed by atoms with Crippen LogP contribution >= 0.6 is 0 Å². The van der Waals surface area contributed by atoms with Crippen molar-refractivity contribution in [3.05, 3.63) is 22.9 Å². The molecule has 2 aliphatic rings.